The van der Waals surface area contributed by atoms with Crippen LogP contribution in [0.1, 0.15) is 30.4 Å². The molecule has 0 aromatic heterocycles. The van der Waals surface area contributed by atoms with Gasteiger partial charge in [-0.25, -0.2) is 0 Å². The number of piperidine rings is 1. The van der Waals surface area contributed by atoms with Crippen molar-refractivity contribution in [2.45, 2.75) is 38.1 Å². The summed E-state index contributed by atoms with van der Waals surface area (Å²) in [4.78, 5) is 2.24. The van der Waals surface area contributed by atoms with Crippen molar-refractivity contribution in [2.75, 3.05) is 27.2 Å². The van der Waals surface area contributed by atoms with Crippen LogP contribution in [0.2, 0.25) is 0 Å². The first-order valence-corrected chi connectivity index (χ1v) is 7.20. The molecule has 0 aliphatic carbocycles. The summed E-state index contributed by atoms with van der Waals surface area (Å²) in [6.07, 6.45) is 6.41. The number of hydrogen-bond donors (Lipinski definition) is 1. The van der Waals surface area contributed by atoms with Crippen LogP contribution < -0.4 is 5.32 Å². The maximum Gasteiger partial charge on any atom is 0.0107 e. The van der Waals surface area contributed by atoms with Gasteiger partial charge in [0.05, 0.1) is 0 Å². The van der Waals surface area contributed by atoms with Gasteiger partial charge in [0.2, 0.25) is 0 Å². The van der Waals surface area contributed by atoms with E-state index in [9.17, 15) is 0 Å². The van der Waals surface area contributed by atoms with Gasteiger partial charge in [-0.3, -0.25) is 0 Å². The molecule has 1 fully saturated rings. The first-order valence-electron chi connectivity index (χ1n) is 7.20. The van der Waals surface area contributed by atoms with E-state index in [1.807, 2.05) is 0 Å². The third kappa shape index (κ3) is 4.43. The van der Waals surface area contributed by atoms with E-state index in [0.29, 0.717) is 6.04 Å². The van der Waals surface area contributed by atoms with E-state index in [0.717, 1.165) is 13.0 Å². The summed E-state index contributed by atoms with van der Waals surface area (Å²) in [6, 6.07) is 9.90. The molecule has 2 rings (SSSR count). The molecule has 2 heteroatoms. The summed E-state index contributed by atoms with van der Waals surface area (Å²) in [5.74, 6) is 0. The Bertz CT molecular complexity index is 337. The minimum atomic E-state index is 0.700. The Morgan fingerprint density at radius 2 is 1.83 bits per heavy atom. The third-order valence-electron chi connectivity index (χ3n) is 3.77. The molecule has 1 saturated heterocycles. The fraction of sp³-hybridized carbons (Fsp3) is 0.625. The van der Waals surface area contributed by atoms with Crippen molar-refractivity contribution in [3.8, 4) is 0 Å². The molecular weight excluding hydrogens is 220 g/mol. The Labute approximate surface area is 111 Å². The maximum atomic E-state index is 3.62. The molecule has 1 aromatic carbocycles. The molecule has 1 aromatic rings. The summed E-state index contributed by atoms with van der Waals surface area (Å²) < 4.78 is 0. The Balaban J connectivity index is 1.83. The molecule has 1 unspecified atom stereocenters. The maximum absolute atomic E-state index is 3.62. The number of nitrogens with one attached hydrogen (secondary N) is 1. The zero-order chi connectivity index (χ0) is 12.8. The van der Waals surface area contributed by atoms with Gasteiger partial charge >= 0.3 is 0 Å². The van der Waals surface area contributed by atoms with Crippen LogP contribution in [0.4, 0.5) is 0 Å². The molecule has 2 nitrogen and oxygen atoms in total. The average molecular weight is 246 g/mol. The van der Waals surface area contributed by atoms with Gasteiger partial charge in [-0.15, -0.1) is 0 Å². The highest BCUT2D eigenvalue weighted by atomic mass is 15.0. The van der Waals surface area contributed by atoms with Crippen molar-refractivity contribution in [3.63, 3.8) is 0 Å². The SMILES string of the molecule is CN(C)CCc1ccc(CC2CCCCN2)cc1. The van der Waals surface area contributed by atoms with Crippen LogP contribution in [0.3, 0.4) is 0 Å². The van der Waals surface area contributed by atoms with Crippen LogP contribution in [0.5, 0.6) is 0 Å². The zero-order valence-electron chi connectivity index (χ0n) is 11.8. The van der Waals surface area contributed by atoms with Gasteiger partial charge in [0, 0.05) is 12.6 Å². The predicted molar refractivity (Wildman–Crippen MR) is 78.0 cm³/mol. The lowest BCUT2D eigenvalue weighted by Crippen LogP contribution is -2.35. The Kier molecular flexibility index (Phi) is 5.21. The highest BCUT2D eigenvalue weighted by molar-refractivity contribution is 5.23. The standard InChI is InChI=1S/C16H26N2/c1-18(2)12-10-14-6-8-15(9-7-14)13-16-5-3-4-11-17-16/h6-9,16-17H,3-5,10-13H2,1-2H3. The summed E-state index contributed by atoms with van der Waals surface area (Å²) in [7, 11) is 4.26. The van der Waals surface area contributed by atoms with E-state index < -0.39 is 0 Å². The van der Waals surface area contributed by atoms with Crippen LogP contribution in [0.25, 0.3) is 0 Å². The summed E-state index contributed by atoms with van der Waals surface area (Å²) in [6.45, 7) is 2.33. The second kappa shape index (κ2) is 6.91. The van der Waals surface area contributed by atoms with Crippen LogP contribution in [0, 0.1) is 0 Å². The molecule has 0 radical (unpaired) electrons. The first-order chi connectivity index (χ1) is 8.74. The average Bonchev–Trinajstić information content (AvgIpc) is 2.39. The first kappa shape index (κ1) is 13.6. The summed E-state index contributed by atoms with van der Waals surface area (Å²) in [5.41, 5.74) is 2.92. The minimum absolute atomic E-state index is 0.700. The molecular formula is C16H26N2. The fourth-order valence-electron chi connectivity index (χ4n) is 2.58. The van der Waals surface area contributed by atoms with E-state index in [1.54, 1.807) is 0 Å². The van der Waals surface area contributed by atoms with E-state index in [1.165, 1.54) is 43.4 Å². The second-order valence-electron chi connectivity index (χ2n) is 5.72. The van der Waals surface area contributed by atoms with Crippen LogP contribution >= 0.6 is 0 Å². The Morgan fingerprint density at radius 1 is 1.11 bits per heavy atom. The van der Waals surface area contributed by atoms with Gasteiger partial charge in [-0.05, 0) is 57.5 Å². The lowest BCUT2D eigenvalue weighted by molar-refractivity contribution is 0.399. The molecule has 18 heavy (non-hydrogen) atoms. The van der Waals surface area contributed by atoms with Crippen molar-refractivity contribution in [2.24, 2.45) is 0 Å². The molecule has 0 bridgehead atoms. The largest absolute Gasteiger partial charge is 0.314 e. The zero-order valence-corrected chi connectivity index (χ0v) is 11.8. The lowest BCUT2D eigenvalue weighted by atomic mass is 9.97. The van der Waals surface area contributed by atoms with E-state index >= 15 is 0 Å². The van der Waals surface area contributed by atoms with Crippen LogP contribution in [-0.2, 0) is 12.8 Å². The smallest absolute Gasteiger partial charge is 0.0107 e. The van der Waals surface area contributed by atoms with Gasteiger partial charge in [0.1, 0.15) is 0 Å². The number of benzene rings is 1. The van der Waals surface area contributed by atoms with E-state index in [2.05, 4.69) is 48.6 Å². The minimum Gasteiger partial charge on any atom is -0.314 e. The number of rotatable bonds is 5. The van der Waals surface area contributed by atoms with Gasteiger partial charge in [0.25, 0.3) is 0 Å². The van der Waals surface area contributed by atoms with Crippen molar-refractivity contribution < 1.29 is 0 Å². The fourth-order valence-corrected chi connectivity index (χ4v) is 2.58. The molecule has 1 heterocycles. The highest BCUT2D eigenvalue weighted by Crippen LogP contribution is 2.13. The number of nitrogens with zero attached hydrogens (tertiary/aromatic N) is 1. The highest BCUT2D eigenvalue weighted by Gasteiger charge is 2.12. The quantitative estimate of drug-likeness (QED) is 0.858. The van der Waals surface area contributed by atoms with Crippen molar-refractivity contribution in [1.29, 1.82) is 0 Å². The van der Waals surface area contributed by atoms with Gasteiger partial charge in [-0.1, -0.05) is 30.7 Å². The van der Waals surface area contributed by atoms with Crippen molar-refractivity contribution >= 4 is 0 Å². The monoisotopic (exact) mass is 246 g/mol. The van der Waals surface area contributed by atoms with Gasteiger partial charge in [-0.2, -0.15) is 0 Å². The van der Waals surface area contributed by atoms with Crippen molar-refractivity contribution in [1.82, 2.24) is 10.2 Å². The molecule has 0 spiro atoms. The molecule has 100 valence electrons. The molecule has 1 aliphatic rings. The number of likely N-dealkylation sites (N-methyl/N-ethyl adjacent to an activating group) is 1. The topological polar surface area (TPSA) is 15.3 Å². The normalized spacial score (nSPS) is 20.3. The summed E-state index contributed by atoms with van der Waals surface area (Å²) >= 11 is 0. The van der Waals surface area contributed by atoms with Crippen LogP contribution in [-0.4, -0.2) is 38.1 Å². The molecule has 0 saturated carbocycles. The molecule has 1 N–H and O–H groups in total. The number of hydrogen-bond acceptors (Lipinski definition) is 2. The van der Waals surface area contributed by atoms with Gasteiger partial charge in [0.15, 0.2) is 0 Å². The van der Waals surface area contributed by atoms with Crippen molar-refractivity contribution in [3.05, 3.63) is 35.4 Å². The lowest BCUT2D eigenvalue weighted by Gasteiger charge is -2.23. The van der Waals surface area contributed by atoms with Gasteiger partial charge < -0.3 is 10.2 Å². The third-order valence-corrected chi connectivity index (χ3v) is 3.77. The molecule has 1 aliphatic heterocycles. The van der Waals surface area contributed by atoms with Crippen LogP contribution in [0.15, 0.2) is 24.3 Å². The summed E-state index contributed by atoms with van der Waals surface area (Å²) in [5, 5.41) is 3.62. The second-order valence-corrected chi connectivity index (χ2v) is 5.72. The van der Waals surface area contributed by atoms with E-state index in [4.69, 9.17) is 0 Å². The van der Waals surface area contributed by atoms with E-state index in [-0.39, 0.29) is 0 Å². The Morgan fingerprint density at radius 3 is 2.44 bits per heavy atom. The molecule has 1 atom stereocenters. The molecule has 0 amide bonds. The Hall–Kier alpha value is -0.860. The predicted octanol–water partition coefficient (Wildman–Crippen LogP) is 2.48.